The molecule has 1 aromatic heterocycles. The van der Waals surface area contributed by atoms with Gasteiger partial charge in [-0.3, -0.25) is 9.59 Å². The van der Waals surface area contributed by atoms with E-state index in [9.17, 15) is 22.8 Å². The molecule has 37 heavy (non-hydrogen) atoms. The normalized spacial score (nSPS) is 12.3. The summed E-state index contributed by atoms with van der Waals surface area (Å²) in [5.41, 5.74) is 2.31. The highest BCUT2D eigenvalue weighted by atomic mass is 32.1. The molecule has 0 saturated heterocycles. The van der Waals surface area contributed by atoms with Gasteiger partial charge < -0.3 is 15.2 Å². The second-order valence-corrected chi connectivity index (χ2v) is 10.3. The highest BCUT2D eigenvalue weighted by Crippen LogP contribution is 2.36. The van der Waals surface area contributed by atoms with Crippen molar-refractivity contribution in [2.75, 3.05) is 13.2 Å². The fraction of sp³-hybridized carbons (Fsp3) is 0.357. The summed E-state index contributed by atoms with van der Waals surface area (Å²) >= 11 is 1.39. The van der Waals surface area contributed by atoms with Gasteiger partial charge in [-0.15, -0.1) is 11.3 Å². The molecule has 0 fully saturated rings. The highest BCUT2D eigenvalue weighted by molar-refractivity contribution is 7.14. The number of hydrogen-bond donors (Lipinski definition) is 2. The van der Waals surface area contributed by atoms with Crippen molar-refractivity contribution in [2.24, 2.45) is 5.92 Å². The number of ether oxygens (including phenoxy) is 1. The molecule has 0 aliphatic heterocycles. The monoisotopic (exact) mass is 533 g/mol. The zero-order chi connectivity index (χ0) is 27.2. The number of carbonyl (C=O) groups excluding carboxylic acids is 1. The van der Waals surface area contributed by atoms with Crippen LogP contribution >= 0.6 is 11.3 Å². The van der Waals surface area contributed by atoms with Crippen molar-refractivity contribution >= 4 is 23.2 Å². The van der Waals surface area contributed by atoms with Crippen LogP contribution in [0.2, 0.25) is 0 Å². The van der Waals surface area contributed by atoms with Gasteiger partial charge >= 0.3 is 12.1 Å². The van der Waals surface area contributed by atoms with E-state index in [2.05, 4.69) is 12.2 Å². The van der Waals surface area contributed by atoms with Crippen molar-refractivity contribution in [1.29, 1.82) is 0 Å². The SMILES string of the molecule is Cc1cc(OCC(C)CCc2ccc(C(=O)NCCC(=O)O)s2)cc(C)c1-c1cccc(C(F)(F)F)c1. The number of carboxylic acid groups (broad SMARTS) is 1. The van der Waals surface area contributed by atoms with Gasteiger partial charge in [0.25, 0.3) is 5.91 Å². The molecule has 5 nitrogen and oxygen atoms in total. The van der Waals surface area contributed by atoms with E-state index in [1.54, 1.807) is 12.1 Å². The summed E-state index contributed by atoms with van der Waals surface area (Å²) in [6.07, 6.45) is -2.88. The number of nitrogens with one attached hydrogen (secondary N) is 1. The van der Waals surface area contributed by atoms with Crippen molar-refractivity contribution in [3.8, 4) is 16.9 Å². The van der Waals surface area contributed by atoms with Gasteiger partial charge in [-0.25, -0.2) is 0 Å². The van der Waals surface area contributed by atoms with Crippen LogP contribution in [0.25, 0.3) is 11.1 Å². The Balaban J connectivity index is 1.54. The van der Waals surface area contributed by atoms with Gasteiger partial charge in [0.05, 0.1) is 23.5 Å². The summed E-state index contributed by atoms with van der Waals surface area (Å²) in [6.45, 7) is 6.38. The first kappa shape index (κ1) is 28.2. The quantitative estimate of drug-likeness (QED) is 0.281. The van der Waals surface area contributed by atoms with E-state index in [4.69, 9.17) is 9.84 Å². The maximum Gasteiger partial charge on any atom is 0.416 e. The first-order valence-electron chi connectivity index (χ1n) is 11.9. The molecule has 1 unspecified atom stereocenters. The fourth-order valence-corrected chi connectivity index (χ4v) is 4.97. The largest absolute Gasteiger partial charge is 0.493 e. The minimum absolute atomic E-state index is 0.0929. The van der Waals surface area contributed by atoms with Gasteiger partial charge in [-0.2, -0.15) is 13.2 Å². The molecule has 1 atom stereocenters. The molecular formula is C28H30F3NO4S. The molecule has 0 aliphatic rings. The maximum absolute atomic E-state index is 13.1. The van der Waals surface area contributed by atoms with Crippen molar-refractivity contribution in [3.05, 3.63) is 75.0 Å². The fourth-order valence-electron chi connectivity index (χ4n) is 4.03. The summed E-state index contributed by atoms with van der Waals surface area (Å²) in [5, 5.41) is 11.3. The van der Waals surface area contributed by atoms with Crippen molar-refractivity contribution < 1.29 is 32.6 Å². The number of alkyl halides is 3. The number of carboxylic acids is 1. The Morgan fingerprint density at radius 1 is 1.08 bits per heavy atom. The average molecular weight is 534 g/mol. The first-order valence-corrected chi connectivity index (χ1v) is 12.8. The maximum atomic E-state index is 13.1. The Morgan fingerprint density at radius 2 is 1.78 bits per heavy atom. The third-order valence-corrected chi connectivity index (χ3v) is 7.06. The van der Waals surface area contributed by atoms with Gasteiger partial charge in [-0.1, -0.05) is 19.1 Å². The number of halogens is 3. The third-order valence-electron chi connectivity index (χ3n) is 5.91. The Labute approximate surface area is 218 Å². The molecule has 2 aromatic carbocycles. The minimum atomic E-state index is -4.39. The van der Waals surface area contributed by atoms with E-state index in [0.29, 0.717) is 22.8 Å². The number of benzene rings is 2. The predicted octanol–water partition coefficient (Wildman–Crippen LogP) is 6.90. The molecular weight excluding hydrogens is 503 g/mol. The standard InChI is InChI=1S/C28H30F3NO4S/c1-17(7-8-23-9-10-24(37-23)27(35)32-12-11-25(33)34)16-36-22-13-18(2)26(19(3)14-22)20-5-4-6-21(15-20)28(29,30)31/h4-6,9-10,13-15,17H,7-8,11-12,16H2,1-3H3,(H,32,35)(H,33,34). The average Bonchev–Trinajstić information content (AvgIpc) is 3.30. The molecule has 3 rings (SSSR count). The number of rotatable bonds is 11. The zero-order valence-electron chi connectivity index (χ0n) is 20.9. The van der Waals surface area contributed by atoms with E-state index < -0.39 is 17.7 Å². The minimum Gasteiger partial charge on any atom is -0.493 e. The van der Waals surface area contributed by atoms with Crippen molar-refractivity contribution in [2.45, 2.75) is 46.2 Å². The Kier molecular flexibility index (Phi) is 9.37. The van der Waals surface area contributed by atoms with Crippen LogP contribution < -0.4 is 10.1 Å². The van der Waals surface area contributed by atoms with Crippen LogP contribution in [-0.2, 0) is 17.4 Å². The Morgan fingerprint density at radius 3 is 2.43 bits per heavy atom. The molecule has 0 aliphatic carbocycles. The molecule has 0 spiro atoms. The Bertz CT molecular complexity index is 1230. The van der Waals surface area contributed by atoms with Crippen molar-refractivity contribution in [1.82, 2.24) is 5.32 Å². The van der Waals surface area contributed by atoms with Crippen LogP contribution in [-0.4, -0.2) is 30.1 Å². The van der Waals surface area contributed by atoms with E-state index in [0.717, 1.165) is 40.5 Å². The lowest BCUT2D eigenvalue weighted by Crippen LogP contribution is -2.25. The lowest BCUT2D eigenvalue weighted by atomic mass is 9.94. The van der Waals surface area contributed by atoms with Crippen LogP contribution in [0.5, 0.6) is 5.75 Å². The summed E-state index contributed by atoms with van der Waals surface area (Å²) < 4.78 is 45.4. The van der Waals surface area contributed by atoms with Crippen molar-refractivity contribution in [3.63, 3.8) is 0 Å². The van der Waals surface area contributed by atoms with E-state index in [1.165, 1.54) is 23.5 Å². The number of aryl methyl sites for hydroxylation is 3. The van der Waals surface area contributed by atoms with Gasteiger partial charge in [0.15, 0.2) is 0 Å². The molecule has 1 amide bonds. The van der Waals surface area contributed by atoms with Crippen LogP contribution in [0.3, 0.4) is 0 Å². The lowest BCUT2D eigenvalue weighted by Gasteiger charge is -2.17. The predicted molar refractivity (Wildman–Crippen MR) is 138 cm³/mol. The number of carbonyl (C=O) groups is 2. The molecule has 9 heteroatoms. The van der Waals surface area contributed by atoms with Crippen LogP contribution in [0.15, 0.2) is 48.5 Å². The first-order chi connectivity index (χ1) is 17.4. The highest BCUT2D eigenvalue weighted by Gasteiger charge is 2.30. The molecule has 1 heterocycles. The molecule has 0 saturated carbocycles. The summed E-state index contributed by atoms with van der Waals surface area (Å²) in [5.74, 6) is -0.318. The van der Waals surface area contributed by atoms with Gasteiger partial charge in [0.2, 0.25) is 0 Å². The lowest BCUT2D eigenvalue weighted by molar-refractivity contribution is -0.138. The van der Waals surface area contributed by atoms with Crippen LogP contribution in [0.4, 0.5) is 13.2 Å². The molecule has 198 valence electrons. The third kappa shape index (κ3) is 8.08. The summed E-state index contributed by atoms with van der Waals surface area (Å²) in [4.78, 5) is 24.3. The second-order valence-electron chi connectivity index (χ2n) is 9.13. The van der Waals surface area contributed by atoms with Gasteiger partial charge in [0, 0.05) is 11.4 Å². The molecule has 2 N–H and O–H groups in total. The van der Waals surface area contributed by atoms with E-state index in [-0.39, 0.29) is 24.8 Å². The second kappa shape index (κ2) is 12.3. The van der Waals surface area contributed by atoms with Crippen LogP contribution in [0.1, 0.15) is 51.0 Å². The molecule has 0 bridgehead atoms. The van der Waals surface area contributed by atoms with E-state index in [1.807, 2.05) is 32.0 Å². The molecule has 0 radical (unpaired) electrons. The number of hydrogen-bond acceptors (Lipinski definition) is 4. The number of aliphatic carboxylic acids is 1. The van der Waals surface area contributed by atoms with Crippen LogP contribution in [0, 0.1) is 19.8 Å². The Hall–Kier alpha value is -3.33. The van der Waals surface area contributed by atoms with Gasteiger partial charge in [-0.05, 0) is 91.3 Å². The summed E-state index contributed by atoms with van der Waals surface area (Å²) in [7, 11) is 0. The van der Waals surface area contributed by atoms with Gasteiger partial charge in [0.1, 0.15) is 5.75 Å². The van der Waals surface area contributed by atoms with E-state index >= 15 is 0 Å². The number of thiophene rings is 1. The number of amides is 1. The summed E-state index contributed by atoms with van der Waals surface area (Å²) in [6, 6.07) is 12.7. The zero-order valence-corrected chi connectivity index (χ0v) is 21.8. The topological polar surface area (TPSA) is 75.6 Å². The smallest absolute Gasteiger partial charge is 0.416 e. The molecule has 3 aromatic rings.